The van der Waals surface area contributed by atoms with Crippen LogP contribution in [0.5, 0.6) is 0 Å². The van der Waals surface area contributed by atoms with Crippen LogP contribution in [0.2, 0.25) is 5.02 Å². The van der Waals surface area contributed by atoms with Gasteiger partial charge in [0.15, 0.2) is 0 Å². The van der Waals surface area contributed by atoms with Crippen molar-refractivity contribution in [3.63, 3.8) is 0 Å². The zero-order valence-corrected chi connectivity index (χ0v) is 11.9. The second kappa shape index (κ2) is 5.19. The van der Waals surface area contributed by atoms with Gasteiger partial charge in [0, 0.05) is 19.5 Å². The van der Waals surface area contributed by atoms with Gasteiger partial charge in [0.1, 0.15) is 0 Å². The normalized spacial score (nSPS) is 28.6. The van der Waals surface area contributed by atoms with E-state index in [-0.39, 0.29) is 6.04 Å². The average Bonchev–Trinajstić information content (AvgIpc) is 2.61. The van der Waals surface area contributed by atoms with E-state index in [1.807, 2.05) is 14.0 Å². The van der Waals surface area contributed by atoms with E-state index in [1.54, 1.807) is 4.68 Å². The number of nitrogens with zero attached hydrogens (tertiary/aromatic N) is 2. The van der Waals surface area contributed by atoms with Crippen molar-refractivity contribution < 1.29 is 5.11 Å². The lowest BCUT2D eigenvalue weighted by molar-refractivity contribution is -0.00128. The highest BCUT2D eigenvalue weighted by molar-refractivity contribution is 6.31. The van der Waals surface area contributed by atoms with Gasteiger partial charge < -0.3 is 10.8 Å². The molecule has 4 nitrogen and oxygen atoms in total. The molecule has 1 aromatic heterocycles. The molecular formula is C13H22ClN3O. The summed E-state index contributed by atoms with van der Waals surface area (Å²) in [7, 11) is 1.89. The lowest BCUT2D eigenvalue weighted by Crippen LogP contribution is -2.40. The molecule has 18 heavy (non-hydrogen) atoms. The van der Waals surface area contributed by atoms with Crippen LogP contribution in [0.15, 0.2) is 0 Å². The Hall–Kier alpha value is -0.580. The highest BCUT2D eigenvalue weighted by Crippen LogP contribution is 2.33. The fourth-order valence-corrected chi connectivity index (χ4v) is 3.04. The van der Waals surface area contributed by atoms with Crippen LogP contribution < -0.4 is 5.73 Å². The number of halogens is 1. The number of nitrogens with two attached hydrogens (primary N) is 1. The molecule has 1 saturated carbocycles. The molecule has 0 radical (unpaired) electrons. The molecule has 2 rings (SSSR count). The van der Waals surface area contributed by atoms with E-state index < -0.39 is 5.60 Å². The third-order valence-corrected chi connectivity index (χ3v) is 4.40. The van der Waals surface area contributed by atoms with E-state index in [4.69, 9.17) is 17.3 Å². The van der Waals surface area contributed by atoms with Crippen LogP contribution in [0.4, 0.5) is 0 Å². The van der Waals surface area contributed by atoms with Crippen molar-refractivity contribution in [1.82, 2.24) is 9.78 Å². The number of hydrogen-bond acceptors (Lipinski definition) is 3. The Morgan fingerprint density at radius 2 is 2.11 bits per heavy atom. The summed E-state index contributed by atoms with van der Waals surface area (Å²) in [6.07, 6.45) is 4.64. The molecule has 0 spiro atoms. The average molecular weight is 272 g/mol. The summed E-state index contributed by atoms with van der Waals surface area (Å²) in [5, 5.41) is 15.7. The third-order valence-electron chi connectivity index (χ3n) is 3.96. The molecule has 1 aliphatic carbocycles. The van der Waals surface area contributed by atoms with Crippen molar-refractivity contribution in [2.75, 3.05) is 0 Å². The van der Waals surface area contributed by atoms with Gasteiger partial charge in [-0.3, -0.25) is 4.68 Å². The molecule has 102 valence electrons. The van der Waals surface area contributed by atoms with Gasteiger partial charge in [0.05, 0.1) is 22.0 Å². The van der Waals surface area contributed by atoms with Crippen LogP contribution in [0.25, 0.3) is 0 Å². The van der Waals surface area contributed by atoms with Crippen LogP contribution >= 0.6 is 11.6 Å². The second-order valence-corrected chi connectivity index (χ2v) is 5.80. The molecule has 0 unspecified atom stereocenters. The molecule has 3 N–H and O–H groups in total. The maximum atomic E-state index is 10.6. The van der Waals surface area contributed by atoms with Gasteiger partial charge in [0.25, 0.3) is 0 Å². The van der Waals surface area contributed by atoms with Gasteiger partial charge >= 0.3 is 0 Å². The molecule has 0 atom stereocenters. The molecular weight excluding hydrogens is 250 g/mol. The first kappa shape index (κ1) is 13.8. The van der Waals surface area contributed by atoms with Crippen molar-refractivity contribution in [2.24, 2.45) is 12.8 Å². The van der Waals surface area contributed by atoms with Gasteiger partial charge in [-0.25, -0.2) is 0 Å². The van der Waals surface area contributed by atoms with Gasteiger partial charge in [0.2, 0.25) is 0 Å². The molecule has 0 amide bonds. The Bertz CT molecular complexity index is 422. The molecule has 1 aliphatic rings. The van der Waals surface area contributed by atoms with Gasteiger partial charge in [-0.15, -0.1) is 0 Å². The first-order valence-electron chi connectivity index (χ1n) is 6.63. The van der Waals surface area contributed by atoms with E-state index in [9.17, 15) is 5.11 Å². The summed E-state index contributed by atoms with van der Waals surface area (Å²) in [4.78, 5) is 0. The number of rotatable bonds is 3. The minimum atomic E-state index is -0.668. The van der Waals surface area contributed by atoms with Crippen LogP contribution in [0.1, 0.15) is 44.0 Å². The van der Waals surface area contributed by atoms with E-state index in [0.717, 1.165) is 43.5 Å². The van der Waals surface area contributed by atoms with Crippen LogP contribution in [0, 0.1) is 0 Å². The number of aryl methyl sites for hydroxylation is 2. The minimum absolute atomic E-state index is 0.235. The first-order chi connectivity index (χ1) is 8.45. The molecule has 1 aromatic rings. The van der Waals surface area contributed by atoms with Crippen LogP contribution in [-0.4, -0.2) is 26.5 Å². The van der Waals surface area contributed by atoms with Crippen molar-refractivity contribution >= 4 is 11.6 Å². The van der Waals surface area contributed by atoms with E-state index in [2.05, 4.69) is 5.10 Å². The Kier molecular flexibility index (Phi) is 3.99. The molecule has 1 heterocycles. The van der Waals surface area contributed by atoms with Crippen molar-refractivity contribution in [3.05, 3.63) is 16.4 Å². The molecule has 5 heteroatoms. The van der Waals surface area contributed by atoms with Gasteiger partial charge in [-0.1, -0.05) is 18.5 Å². The maximum Gasteiger partial charge on any atom is 0.0850 e. The van der Waals surface area contributed by atoms with E-state index in [1.165, 1.54) is 0 Å². The van der Waals surface area contributed by atoms with Crippen molar-refractivity contribution in [2.45, 2.75) is 57.1 Å². The Labute approximate surface area is 113 Å². The monoisotopic (exact) mass is 271 g/mol. The Morgan fingerprint density at radius 1 is 1.50 bits per heavy atom. The lowest BCUT2D eigenvalue weighted by Gasteiger charge is -2.34. The number of aromatic nitrogens is 2. The van der Waals surface area contributed by atoms with Crippen LogP contribution in [0.3, 0.4) is 0 Å². The first-order valence-corrected chi connectivity index (χ1v) is 7.01. The standard InChI is InChI=1S/C13H22ClN3O/c1-3-10-12(14)11(17(2)16-10)8-13(18)6-4-9(15)5-7-13/h9,18H,3-8,15H2,1-2H3. The second-order valence-electron chi connectivity index (χ2n) is 5.42. The van der Waals surface area contributed by atoms with E-state index in [0.29, 0.717) is 11.4 Å². The predicted molar refractivity (Wildman–Crippen MR) is 72.7 cm³/mol. The summed E-state index contributed by atoms with van der Waals surface area (Å²) in [5.41, 5.74) is 7.06. The quantitative estimate of drug-likeness (QED) is 0.881. The van der Waals surface area contributed by atoms with Gasteiger partial charge in [-0.2, -0.15) is 5.10 Å². The zero-order valence-electron chi connectivity index (χ0n) is 11.1. The summed E-state index contributed by atoms with van der Waals surface area (Å²) in [6.45, 7) is 2.03. The number of aliphatic hydroxyl groups is 1. The molecule has 0 saturated heterocycles. The molecule has 0 bridgehead atoms. The zero-order chi connectivity index (χ0) is 13.3. The number of hydrogen-bond donors (Lipinski definition) is 2. The topological polar surface area (TPSA) is 64.1 Å². The summed E-state index contributed by atoms with van der Waals surface area (Å²) in [5.74, 6) is 0. The largest absolute Gasteiger partial charge is 0.389 e. The highest BCUT2D eigenvalue weighted by Gasteiger charge is 2.34. The maximum absolute atomic E-state index is 10.6. The summed E-state index contributed by atoms with van der Waals surface area (Å²) < 4.78 is 1.80. The Balaban J connectivity index is 2.16. The van der Waals surface area contributed by atoms with Crippen molar-refractivity contribution in [1.29, 1.82) is 0 Å². The fraction of sp³-hybridized carbons (Fsp3) is 0.769. The molecule has 0 aliphatic heterocycles. The van der Waals surface area contributed by atoms with Crippen molar-refractivity contribution in [3.8, 4) is 0 Å². The molecule has 0 aromatic carbocycles. The van der Waals surface area contributed by atoms with Crippen LogP contribution in [-0.2, 0) is 19.9 Å². The third kappa shape index (κ3) is 2.71. The SMILES string of the molecule is CCc1nn(C)c(CC2(O)CCC(N)CC2)c1Cl. The van der Waals surface area contributed by atoms with E-state index >= 15 is 0 Å². The smallest absolute Gasteiger partial charge is 0.0850 e. The fourth-order valence-electron chi connectivity index (χ4n) is 2.68. The predicted octanol–water partition coefficient (Wildman–Crippen LogP) is 1.81. The Morgan fingerprint density at radius 3 is 2.61 bits per heavy atom. The molecule has 1 fully saturated rings. The highest BCUT2D eigenvalue weighted by atomic mass is 35.5. The van der Waals surface area contributed by atoms with Gasteiger partial charge in [-0.05, 0) is 32.1 Å². The minimum Gasteiger partial charge on any atom is -0.389 e. The summed E-state index contributed by atoms with van der Waals surface area (Å²) >= 11 is 6.32. The lowest BCUT2D eigenvalue weighted by atomic mass is 9.79. The summed E-state index contributed by atoms with van der Waals surface area (Å²) in [6, 6.07) is 0.235.